The van der Waals surface area contributed by atoms with Gasteiger partial charge in [0.2, 0.25) is 0 Å². The Kier molecular flexibility index (Phi) is 5.04. The van der Waals surface area contributed by atoms with E-state index in [9.17, 15) is 0 Å². The highest BCUT2D eigenvalue weighted by molar-refractivity contribution is 5.87. The molecule has 0 saturated carbocycles. The molecule has 1 saturated heterocycles. The molecule has 2 N–H and O–H groups in total. The first-order valence-corrected chi connectivity index (χ1v) is 9.02. The van der Waals surface area contributed by atoms with Gasteiger partial charge in [-0.15, -0.1) is 0 Å². The van der Waals surface area contributed by atoms with Crippen molar-refractivity contribution >= 4 is 16.7 Å². The number of nitrogen functional groups attached to an aromatic ring is 1. The molecule has 26 heavy (non-hydrogen) atoms. The third-order valence-corrected chi connectivity index (χ3v) is 4.66. The van der Waals surface area contributed by atoms with E-state index < -0.39 is 0 Å². The highest BCUT2D eigenvalue weighted by atomic mass is 16.5. The third-order valence-electron chi connectivity index (χ3n) is 4.66. The van der Waals surface area contributed by atoms with E-state index in [0.717, 1.165) is 49.3 Å². The van der Waals surface area contributed by atoms with Gasteiger partial charge >= 0.3 is 0 Å². The Balaban J connectivity index is 1.56. The Labute approximate surface area is 153 Å². The largest absolute Gasteiger partial charge is 0.383 e. The maximum atomic E-state index is 6.14. The summed E-state index contributed by atoms with van der Waals surface area (Å²) in [7, 11) is 0. The van der Waals surface area contributed by atoms with E-state index in [4.69, 9.17) is 15.5 Å². The van der Waals surface area contributed by atoms with Crippen LogP contribution in [0, 0.1) is 0 Å². The molecule has 1 aliphatic rings. The minimum Gasteiger partial charge on any atom is -0.383 e. The highest BCUT2D eigenvalue weighted by Gasteiger charge is 2.20. The maximum absolute atomic E-state index is 6.14. The van der Waals surface area contributed by atoms with Crippen molar-refractivity contribution in [3.63, 3.8) is 0 Å². The molecule has 6 nitrogen and oxygen atoms in total. The summed E-state index contributed by atoms with van der Waals surface area (Å²) in [5, 5.41) is 0.897. The van der Waals surface area contributed by atoms with Crippen molar-refractivity contribution in [3.8, 4) is 0 Å². The Bertz CT molecular complexity index is 864. The Morgan fingerprint density at radius 1 is 1.12 bits per heavy atom. The Hall–Kier alpha value is -2.57. The number of nitrogens with zero attached hydrogens (tertiary/aromatic N) is 4. The minimum absolute atomic E-state index is 0.268. The number of fused-ring (bicyclic) bond motifs is 1. The lowest BCUT2D eigenvalue weighted by molar-refractivity contribution is 0.0670. The fourth-order valence-corrected chi connectivity index (χ4v) is 3.43. The number of nitrogens with two attached hydrogens (primary N) is 1. The maximum Gasteiger partial charge on any atom is 0.145 e. The van der Waals surface area contributed by atoms with Crippen molar-refractivity contribution in [1.82, 2.24) is 19.9 Å². The topological polar surface area (TPSA) is 77.2 Å². The van der Waals surface area contributed by atoms with Crippen LogP contribution in [0.25, 0.3) is 10.9 Å². The first kappa shape index (κ1) is 16.9. The van der Waals surface area contributed by atoms with E-state index >= 15 is 0 Å². The quantitative estimate of drug-likeness (QED) is 0.737. The summed E-state index contributed by atoms with van der Waals surface area (Å²) in [6, 6.07) is 11.9. The van der Waals surface area contributed by atoms with Gasteiger partial charge in [0.15, 0.2) is 0 Å². The zero-order valence-electron chi connectivity index (χ0n) is 14.7. The molecule has 3 heterocycles. The molecule has 0 bridgehead atoms. The predicted octanol–water partition coefficient (Wildman–Crippen LogP) is 2.79. The van der Waals surface area contributed by atoms with Gasteiger partial charge in [-0.2, -0.15) is 0 Å². The van der Waals surface area contributed by atoms with Gasteiger partial charge in [0, 0.05) is 37.5 Å². The molecule has 6 heteroatoms. The molecule has 1 aromatic carbocycles. The van der Waals surface area contributed by atoms with Crippen LogP contribution in [0.5, 0.6) is 0 Å². The average Bonchev–Trinajstić information content (AvgIpc) is 3.16. The van der Waals surface area contributed by atoms with Crippen molar-refractivity contribution in [2.45, 2.75) is 32.0 Å². The zero-order chi connectivity index (χ0) is 17.8. The second kappa shape index (κ2) is 7.76. The average molecular weight is 349 g/mol. The summed E-state index contributed by atoms with van der Waals surface area (Å²) in [5.74, 6) is 1.27. The van der Waals surface area contributed by atoms with E-state index in [1.54, 1.807) is 6.20 Å². The van der Waals surface area contributed by atoms with Gasteiger partial charge in [-0.1, -0.05) is 18.2 Å². The normalized spacial score (nSPS) is 17.2. The molecule has 4 rings (SSSR count). The van der Waals surface area contributed by atoms with Crippen molar-refractivity contribution in [1.29, 1.82) is 0 Å². The number of benzene rings is 1. The smallest absolute Gasteiger partial charge is 0.145 e. The first-order valence-electron chi connectivity index (χ1n) is 9.02. The van der Waals surface area contributed by atoms with E-state index in [0.29, 0.717) is 12.4 Å². The summed E-state index contributed by atoms with van der Waals surface area (Å²) in [6.45, 7) is 3.11. The fraction of sp³-hybridized carbons (Fsp3) is 0.350. The van der Waals surface area contributed by atoms with E-state index in [2.05, 4.69) is 20.9 Å². The van der Waals surface area contributed by atoms with Crippen molar-refractivity contribution in [2.24, 2.45) is 0 Å². The zero-order valence-corrected chi connectivity index (χ0v) is 14.7. The molecule has 0 aliphatic carbocycles. The fourth-order valence-electron chi connectivity index (χ4n) is 3.43. The standard InChI is InChI=1S/C20H23N5O/c21-20-17-7-1-2-8-18(17)23-19(24-20)14-25(13-16-6-4-10-26-16)12-15-5-3-9-22-11-15/h1-3,5,7-9,11,16H,4,6,10,12-14H2,(H2,21,23,24)/t16-/m1/s1. The number of para-hydroxylation sites is 1. The number of pyridine rings is 1. The lowest BCUT2D eigenvalue weighted by Gasteiger charge is -2.24. The summed E-state index contributed by atoms with van der Waals surface area (Å²) in [5.41, 5.74) is 8.19. The lowest BCUT2D eigenvalue weighted by atomic mass is 10.2. The number of rotatable bonds is 6. The van der Waals surface area contributed by atoms with Crippen LogP contribution in [0.1, 0.15) is 24.2 Å². The number of ether oxygens (including phenoxy) is 1. The van der Waals surface area contributed by atoms with Gasteiger partial charge in [-0.05, 0) is 36.6 Å². The van der Waals surface area contributed by atoms with Crippen LogP contribution in [-0.4, -0.2) is 39.1 Å². The number of hydrogen-bond donors (Lipinski definition) is 1. The lowest BCUT2D eigenvalue weighted by Crippen LogP contribution is -2.32. The molecule has 1 fully saturated rings. The van der Waals surface area contributed by atoms with Crippen LogP contribution < -0.4 is 5.73 Å². The molecule has 1 aliphatic heterocycles. The minimum atomic E-state index is 0.268. The molecular formula is C20H23N5O. The van der Waals surface area contributed by atoms with Gasteiger partial charge < -0.3 is 10.5 Å². The van der Waals surface area contributed by atoms with Crippen LogP contribution >= 0.6 is 0 Å². The van der Waals surface area contributed by atoms with Gasteiger partial charge in [-0.3, -0.25) is 9.88 Å². The van der Waals surface area contributed by atoms with Crippen molar-refractivity contribution in [2.75, 3.05) is 18.9 Å². The van der Waals surface area contributed by atoms with Crippen LogP contribution in [0.15, 0.2) is 48.8 Å². The van der Waals surface area contributed by atoms with E-state index in [1.807, 2.05) is 36.5 Å². The van der Waals surface area contributed by atoms with Gasteiger partial charge in [-0.25, -0.2) is 9.97 Å². The molecule has 134 valence electrons. The first-order chi connectivity index (χ1) is 12.8. The summed E-state index contributed by atoms with van der Waals surface area (Å²) < 4.78 is 5.83. The van der Waals surface area contributed by atoms with Crippen molar-refractivity contribution in [3.05, 3.63) is 60.2 Å². The molecular weight excluding hydrogens is 326 g/mol. The Morgan fingerprint density at radius 3 is 2.85 bits per heavy atom. The van der Waals surface area contributed by atoms with Gasteiger partial charge in [0.05, 0.1) is 18.2 Å². The third kappa shape index (κ3) is 3.98. The molecule has 1 atom stereocenters. The summed E-state index contributed by atoms with van der Waals surface area (Å²) >= 11 is 0. The monoisotopic (exact) mass is 349 g/mol. The molecule has 3 aromatic rings. The number of hydrogen-bond acceptors (Lipinski definition) is 6. The van der Waals surface area contributed by atoms with Gasteiger partial charge in [0.1, 0.15) is 11.6 Å². The SMILES string of the molecule is Nc1nc(CN(Cc2cccnc2)C[C@H]2CCCO2)nc2ccccc12. The molecule has 0 radical (unpaired) electrons. The van der Waals surface area contributed by atoms with Gasteiger partial charge in [0.25, 0.3) is 0 Å². The van der Waals surface area contributed by atoms with Crippen LogP contribution in [0.4, 0.5) is 5.82 Å². The molecule has 2 aromatic heterocycles. The van der Waals surface area contributed by atoms with E-state index in [-0.39, 0.29) is 6.10 Å². The summed E-state index contributed by atoms with van der Waals surface area (Å²) in [4.78, 5) is 15.8. The summed E-state index contributed by atoms with van der Waals surface area (Å²) in [6.07, 6.45) is 6.19. The predicted molar refractivity (Wildman–Crippen MR) is 101 cm³/mol. The molecule has 0 spiro atoms. The van der Waals surface area contributed by atoms with Crippen molar-refractivity contribution < 1.29 is 4.74 Å². The van der Waals surface area contributed by atoms with Crippen LogP contribution in [-0.2, 0) is 17.8 Å². The Morgan fingerprint density at radius 2 is 2.04 bits per heavy atom. The van der Waals surface area contributed by atoms with Crippen LogP contribution in [0.3, 0.4) is 0 Å². The molecule has 0 amide bonds. The number of aromatic nitrogens is 3. The highest BCUT2D eigenvalue weighted by Crippen LogP contribution is 2.20. The van der Waals surface area contributed by atoms with Crippen LogP contribution in [0.2, 0.25) is 0 Å². The second-order valence-corrected chi connectivity index (χ2v) is 6.71. The van der Waals surface area contributed by atoms with E-state index in [1.165, 1.54) is 5.56 Å². The number of anilines is 1. The second-order valence-electron chi connectivity index (χ2n) is 6.71. The molecule has 0 unspecified atom stereocenters.